The zero-order valence-electron chi connectivity index (χ0n) is 17.3. The van der Waals surface area contributed by atoms with Crippen LogP contribution in [-0.4, -0.2) is 37.4 Å². The number of nitrogens with zero attached hydrogens (tertiary/aromatic N) is 1. The molecule has 4 N–H and O–H groups in total. The number of nitrogens with one attached hydrogen (secondary N) is 2. The van der Waals surface area contributed by atoms with Gasteiger partial charge in [-0.15, -0.1) is 0 Å². The molecule has 0 aromatic carbocycles. The molecule has 0 fully saturated rings. The van der Waals surface area contributed by atoms with Gasteiger partial charge in [-0.05, 0) is 38.6 Å². The Kier molecular flexibility index (Phi) is 14.6. The van der Waals surface area contributed by atoms with Gasteiger partial charge in [0.15, 0.2) is 5.78 Å². The van der Waals surface area contributed by atoms with E-state index in [1.165, 1.54) is 57.8 Å². The highest BCUT2D eigenvalue weighted by molar-refractivity contribution is 5.99. The van der Waals surface area contributed by atoms with Crippen LogP contribution in [0, 0.1) is 0 Å². The third kappa shape index (κ3) is 12.5. The molecular formula is C22H40N4O. The number of likely N-dealkylation sites (N-methyl/N-ethyl adjacent to an activating group) is 1. The maximum absolute atomic E-state index is 12.1. The molecule has 0 amide bonds. The normalized spacial score (nSPS) is 11.0. The number of pyridine rings is 1. The number of unbranched alkanes of at least 4 members (excludes halogenated alkanes) is 10. The average Bonchev–Trinajstić information content (AvgIpc) is 2.68. The number of hydrogen-bond acceptors (Lipinski definition) is 5. The predicted molar refractivity (Wildman–Crippen MR) is 115 cm³/mol. The number of carbonyl (C=O) groups is 1. The fourth-order valence-electron chi connectivity index (χ4n) is 3.25. The molecule has 0 aliphatic carbocycles. The van der Waals surface area contributed by atoms with E-state index in [1.54, 1.807) is 18.3 Å². The van der Waals surface area contributed by atoms with Crippen LogP contribution in [0.4, 0.5) is 5.82 Å². The lowest BCUT2D eigenvalue weighted by molar-refractivity contribution is 0.0979. The van der Waals surface area contributed by atoms with Crippen LogP contribution >= 0.6 is 0 Å². The number of anilines is 1. The summed E-state index contributed by atoms with van der Waals surface area (Å²) in [7, 11) is 1.99. The molecular weight excluding hydrogens is 336 g/mol. The number of hydrogen-bond donors (Lipinski definition) is 3. The van der Waals surface area contributed by atoms with Gasteiger partial charge < -0.3 is 16.4 Å². The monoisotopic (exact) mass is 376 g/mol. The number of nitrogens with two attached hydrogens (primary N) is 1. The second-order valence-corrected chi connectivity index (χ2v) is 7.35. The fraction of sp³-hybridized carbons (Fsp3) is 0.727. The van der Waals surface area contributed by atoms with Gasteiger partial charge in [-0.3, -0.25) is 4.79 Å². The lowest BCUT2D eigenvalue weighted by Gasteiger charge is -2.05. The van der Waals surface area contributed by atoms with Crippen molar-refractivity contribution in [2.45, 2.75) is 77.0 Å². The van der Waals surface area contributed by atoms with Gasteiger partial charge in [-0.1, -0.05) is 57.8 Å². The third-order valence-electron chi connectivity index (χ3n) is 4.95. The summed E-state index contributed by atoms with van der Waals surface area (Å²) in [4.78, 5) is 16.1. The van der Waals surface area contributed by atoms with Crippen molar-refractivity contribution < 1.29 is 4.79 Å². The molecule has 0 saturated carbocycles. The Bertz CT molecular complexity index is 493. The molecule has 0 radical (unpaired) electrons. The summed E-state index contributed by atoms with van der Waals surface area (Å²) < 4.78 is 0. The fourth-order valence-corrected chi connectivity index (χ4v) is 3.25. The topological polar surface area (TPSA) is 80.0 Å². The molecule has 0 bridgehead atoms. The van der Waals surface area contributed by atoms with Crippen LogP contribution in [0.3, 0.4) is 0 Å². The molecule has 27 heavy (non-hydrogen) atoms. The van der Waals surface area contributed by atoms with E-state index in [-0.39, 0.29) is 5.78 Å². The molecule has 0 saturated heterocycles. The summed E-state index contributed by atoms with van der Waals surface area (Å²) in [6.07, 6.45) is 16.2. The highest BCUT2D eigenvalue weighted by Crippen LogP contribution is 2.15. The van der Waals surface area contributed by atoms with Crippen LogP contribution in [-0.2, 0) is 0 Å². The Labute approximate surface area is 165 Å². The van der Waals surface area contributed by atoms with Crippen LogP contribution < -0.4 is 16.4 Å². The van der Waals surface area contributed by atoms with Gasteiger partial charge in [-0.2, -0.15) is 0 Å². The lowest BCUT2D eigenvalue weighted by atomic mass is 10.0. The summed E-state index contributed by atoms with van der Waals surface area (Å²) >= 11 is 0. The molecule has 0 aliphatic rings. The molecule has 1 rings (SSSR count). The number of nitrogen functional groups attached to an aromatic ring is 1. The molecule has 1 aromatic heterocycles. The first-order valence-electron chi connectivity index (χ1n) is 10.8. The molecule has 5 nitrogen and oxygen atoms in total. The third-order valence-corrected chi connectivity index (χ3v) is 4.95. The number of Topliss-reactive ketones (excluding diaryl/α,β-unsaturated/α-hetero) is 1. The van der Waals surface area contributed by atoms with E-state index in [4.69, 9.17) is 5.73 Å². The molecule has 0 aliphatic heterocycles. The molecule has 0 spiro atoms. The molecule has 0 atom stereocenters. The predicted octanol–water partition coefficient (Wildman–Crippen LogP) is 4.34. The molecule has 5 heteroatoms. The summed E-state index contributed by atoms with van der Waals surface area (Å²) in [5, 5.41) is 6.59. The molecule has 1 heterocycles. The molecule has 154 valence electrons. The van der Waals surface area contributed by atoms with Crippen LogP contribution in [0.15, 0.2) is 18.3 Å². The Balaban J connectivity index is 1.82. The summed E-state index contributed by atoms with van der Waals surface area (Å²) in [6, 6.07) is 3.54. The van der Waals surface area contributed by atoms with Crippen LogP contribution in [0.1, 0.15) is 87.4 Å². The van der Waals surface area contributed by atoms with E-state index in [0.717, 1.165) is 32.5 Å². The minimum atomic E-state index is 0.123. The van der Waals surface area contributed by atoms with Crippen molar-refractivity contribution in [3.8, 4) is 0 Å². The largest absolute Gasteiger partial charge is 0.383 e. The van der Waals surface area contributed by atoms with Crippen LogP contribution in [0.2, 0.25) is 0 Å². The lowest BCUT2D eigenvalue weighted by Crippen LogP contribution is -2.25. The van der Waals surface area contributed by atoms with E-state index in [1.807, 2.05) is 7.05 Å². The second kappa shape index (κ2) is 16.7. The average molecular weight is 377 g/mol. The Morgan fingerprint density at radius 2 is 1.48 bits per heavy atom. The first-order valence-corrected chi connectivity index (χ1v) is 10.8. The number of ketones is 1. The molecule has 0 unspecified atom stereocenters. The maximum Gasteiger partial charge on any atom is 0.166 e. The van der Waals surface area contributed by atoms with Crippen molar-refractivity contribution in [2.75, 3.05) is 32.4 Å². The van der Waals surface area contributed by atoms with Gasteiger partial charge in [0.25, 0.3) is 0 Å². The standard InChI is InChI=1S/C22H40N4O/c1-24-18-19-25-16-12-10-8-6-4-2-3-5-7-9-11-15-21(27)20-14-13-17-26-22(20)23/h13-14,17,24-25H,2-12,15-16,18-19H2,1H3,(H2,23,26). The van der Waals surface area contributed by atoms with Crippen molar-refractivity contribution in [2.24, 2.45) is 0 Å². The van der Waals surface area contributed by atoms with Gasteiger partial charge in [-0.25, -0.2) is 4.98 Å². The van der Waals surface area contributed by atoms with Crippen molar-refractivity contribution in [1.29, 1.82) is 0 Å². The Morgan fingerprint density at radius 3 is 2.07 bits per heavy atom. The number of carbonyl (C=O) groups excluding carboxylic acids is 1. The smallest absolute Gasteiger partial charge is 0.166 e. The highest BCUT2D eigenvalue weighted by Gasteiger charge is 2.09. The minimum absolute atomic E-state index is 0.123. The first-order chi connectivity index (χ1) is 13.3. The SMILES string of the molecule is CNCCNCCCCCCCCCCCCCC(=O)c1cccnc1N. The summed E-state index contributed by atoms with van der Waals surface area (Å²) in [5.74, 6) is 0.477. The zero-order chi connectivity index (χ0) is 19.6. The number of rotatable bonds is 18. The summed E-state index contributed by atoms with van der Waals surface area (Å²) in [5.41, 5.74) is 6.32. The van der Waals surface area contributed by atoms with Crippen LogP contribution in [0.5, 0.6) is 0 Å². The van der Waals surface area contributed by atoms with Gasteiger partial charge in [0.2, 0.25) is 0 Å². The van der Waals surface area contributed by atoms with Gasteiger partial charge in [0, 0.05) is 25.7 Å². The van der Waals surface area contributed by atoms with E-state index >= 15 is 0 Å². The Hall–Kier alpha value is -1.46. The van der Waals surface area contributed by atoms with E-state index < -0.39 is 0 Å². The number of aromatic nitrogens is 1. The maximum atomic E-state index is 12.1. The highest BCUT2D eigenvalue weighted by atomic mass is 16.1. The van der Waals surface area contributed by atoms with Crippen LogP contribution in [0.25, 0.3) is 0 Å². The van der Waals surface area contributed by atoms with Gasteiger partial charge in [0.05, 0.1) is 5.56 Å². The first kappa shape index (κ1) is 23.6. The van der Waals surface area contributed by atoms with Crippen molar-refractivity contribution in [3.63, 3.8) is 0 Å². The van der Waals surface area contributed by atoms with Gasteiger partial charge in [0.1, 0.15) is 5.82 Å². The zero-order valence-corrected chi connectivity index (χ0v) is 17.3. The van der Waals surface area contributed by atoms with Crippen molar-refractivity contribution >= 4 is 11.6 Å². The summed E-state index contributed by atoms with van der Waals surface area (Å²) in [6.45, 7) is 3.27. The quantitative estimate of drug-likeness (QED) is 0.262. The molecule has 1 aromatic rings. The van der Waals surface area contributed by atoms with E-state index in [2.05, 4.69) is 15.6 Å². The van der Waals surface area contributed by atoms with Crippen molar-refractivity contribution in [3.05, 3.63) is 23.9 Å². The van der Waals surface area contributed by atoms with Crippen molar-refractivity contribution in [1.82, 2.24) is 15.6 Å². The minimum Gasteiger partial charge on any atom is -0.383 e. The van der Waals surface area contributed by atoms with E-state index in [0.29, 0.717) is 17.8 Å². The Morgan fingerprint density at radius 1 is 0.889 bits per heavy atom. The van der Waals surface area contributed by atoms with Gasteiger partial charge >= 0.3 is 0 Å². The second-order valence-electron chi connectivity index (χ2n) is 7.35. The van der Waals surface area contributed by atoms with E-state index in [9.17, 15) is 4.79 Å².